The third kappa shape index (κ3) is 4.51. The molecule has 20 heavy (non-hydrogen) atoms. The summed E-state index contributed by atoms with van der Waals surface area (Å²) < 4.78 is 29.2. The van der Waals surface area contributed by atoms with Crippen LogP contribution in [0, 0.1) is 0 Å². The van der Waals surface area contributed by atoms with E-state index in [2.05, 4.69) is 4.72 Å². The van der Waals surface area contributed by atoms with Gasteiger partial charge in [0.25, 0.3) is 0 Å². The number of aromatic nitrogens is 1. The van der Waals surface area contributed by atoms with Gasteiger partial charge >= 0.3 is 0 Å². The number of aryl methyl sites for hydroxylation is 1. The van der Waals surface area contributed by atoms with Crippen LogP contribution < -0.4 is 4.72 Å². The molecular formula is C13H24N2O3S2. The average molecular weight is 320 g/mol. The predicted octanol–water partition coefficient (Wildman–Crippen LogP) is 1.81. The maximum absolute atomic E-state index is 12.3. The van der Waals surface area contributed by atoms with Gasteiger partial charge in [0.15, 0.2) is 0 Å². The molecule has 1 unspecified atom stereocenters. The largest absolute Gasteiger partial charge is 0.390 e. The predicted molar refractivity (Wildman–Crippen MR) is 83.4 cm³/mol. The summed E-state index contributed by atoms with van der Waals surface area (Å²) in [6.45, 7) is 4.52. The van der Waals surface area contributed by atoms with Crippen molar-refractivity contribution in [2.45, 2.75) is 50.8 Å². The Bertz CT molecular complexity index is 512. The topological polar surface area (TPSA) is 71.3 Å². The molecule has 0 bridgehead atoms. The van der Waals surface area contributed by atoms with E-state index in [-0.39, 0.29) is 17.5 Å². The molecule has 7 heteroatoms. The zero-order valence-electron chi connectivity index (χ0n) is 12.3. The molecule has 0 spiro atoms. The van der Waals surface area contributed by atoms with Crippen LogP contribution in [0.3, 0.4) is 0 Å². The van der Waals surface area contributed by atoms with Crippen molar-refractivity contribution in [3.05, 3.63) is 18.0 Å². The highest BCUT2D eigenvalue weighted by atomic mass is 32.2. The monoisotopic (exact) mass is 320 g/mol. The van der Waals surface area contributed by atoms with Crippen LogP contribution in [0.2, 0.25) is 0 Å². The Hall–Kier alpha value is -0.500. The third-order valence-electron chi connectivity index (χ3n) is 3.08. The van der Waals surface area contributed by atoms with Crippen molar-refractivity contribution >= 4 is 21.8 Å². The van der Waals surface area contributed by atoms with Crippen molar-refractivity contribution < 1.29 is 13.5 Å². The second-order valence-corrected chi connectivity index (χ2v) is 7.33. The third-order valence-corrected chi connectivity index (χ3v) is 5.30. The maximum Gasteiger partial charge on any atom is 0.242 e. The Balaban J connectivity index is 2.97. The number of nitrogens with zero attached hydrogens (tertiary/aromatic N) is 1. The van der Waals surface area contributed by atoms with E-state index in [1.54, 1.807) is 28.6 Å². The molecule has 0 aliphatic heterocycles. The standard InChI is InChI=1S/C13H24N2O3S2/c1-4-6-15-8-13(7-12(15)9-16)20(17,18)14-11(5-2)10-19-3/h7-8,11,14,16H,4-6,9-10H2,1-3H3. The van der Waals surface area contributed by atoms with Gasteiger partial charge < -0.3 is 9.67 Å². The summed E-state index contributed by atoms with van der Waals surface area (Å²) in [5, 5.41) is 9.30. The Kier molecular flexibility index (Phi) is 7.08. The van der Waals surface area contributed by atoms with Crippen molar-refractivity contribution in [3.8, 4) is 0 Å². The van der Waals surface area contributed by atoms with Crippen molar-refractivity contribution in [1.29, 1.82) is 0 Å². The van der Waals surface area contributed by atoms with E-state index in [1.807, 2.05) is 20.1 Å². The lowest BCUT2D eigenvalue weighted by molar-refractivity contribution is 0.270. The lowest BCUT2D eigenvalue weighted by atomic mass is 10.3. The zero-order valence-corrected chi connectivity index (χ0v) is 13.9. The number of thioether (sulfide) groups is 1. The number of aliphatic hydroxyl groups excluding tert-OH is 1. The summed E-state index contributed by atoms with van der Waals surface area (Å²) in [6.07, 6.45) is 5.20. The van der Waals surface area contributed by atoms with Gasteiger partial charge in [-0.3, -0.25) is 0 Å². The fourth-order valence-corrected chi connectivity index (χ4v) is 4.19. The van der Waals surface area contributed by atoms with Gasteiger partial charge in [0.05, 0.1) is 11.5 Å². The Morgan fingerprint density at radius 2 is 2.15 bits per heavy atom. The summed E-state index contributed by atoms with van der Waals surface area (Å²) in [7, 11) is -3.52. The lowest BCUT2D eigenvalue weighted by Gasteiger charge is -2.15. The number of hydrogen-bond donors (Lipinski definition) is 2. The van der Waals surface area contributed by atoms with Crippen LogP contribution in [0.25, 0.3) is 0 Å². The van der Waals surface area contributed by atoms with Gasteiger partial charge in [0, 0.05) is 30.2 Å². The second kappa shape index (κ2) is 8.07. The first-order valence-corrected chi connectivity index (χ1v) is 9.67. The SMILES string of the molecule is CCCn1cc(S(=O)(=O)NC(CC)CSC)cc1CO. The minimum absolute atomic E-state index is 0.0675. The molecule has 116 valence electrons. The molecule has 0 saturated carbocycles. The Morgan fingerprint density at radius 1 is 1.45 bits per heavy atom. The number of nitrogens with one attached hydrogen (secondary N) is 1. The minimum Gasteiger partial charge on any atom is -0.390 e. The molecule has 0 aliphatic carbocycles. The molecular weight excluding hydrogens is 296 g/mol. The smallest absolute Gasteiger partial charge is 0.242 e. The highest BCUT2D eigenvalue weighted by Crippen LogP contribution is 2.16. The summed E-state index contributed by atoms with van der Waals surface area (Å²) in [6, 6.07) is 1.48. The molecule has 1 atom stereocenters. The fraction of sp³-hybridized carbons (Fsp3) is 0.692. The minimum atomic E-state index is -3.52. The molecule has 0 amide bonds. The van der Waals surface area contributed by atoms with Gasteiger partial charge in [-0.2, -0.15) is 11.8 Å². The molecule has 2 N–H and O–H groups in total. The first kappa shape index (κ1) is 17.6. The van der Waals surface area contributed by atoms with Crippen LogP contribution in [0.1, 0.15) is 32.4 Å². The number of sulfonamides is 1. The van der Waals surface area contributed by atoms with E-state index in [4.69, 9.17) is 0 Å². The van der Waals surface area contributed by atoms with Gasteiger partial charge in [0.1, 0.15) is 0 Å². The molecule has 1 heterocycles. The quantitative estimate of drug-likeness (QED) is 0.728. The van der Waals surface area contributed by atoms with Crippen molar-refractivity contribution in [2.75, 3.05) is 12.0 Å². The van der Waals surface area contributed by atoms with Crippen LogP contribution in [-0.4, -0.2) is 36.1 Å². The van der Waals surface area contributed by atoms with Gasteiger partial charge in [0.2, 0.25) is 10.0 Å². The summed E-state index contributed by atoms with van der Waals surface area (Å²) in [5.74, 6) is 0.748. The summed E-state index contributed by atoms with van der Waals surface area (Å²) >= 11 is 1.62. The van der Waals surface area contributed by atoms with Crippen molar-refractivity contribution in [3.63, 3.8) is 0 Å². The van der Waals surface area contributed by atoms with Gasteiger partial charge in [-0.25, -0.2) is 13.1 Å². The van der Waals surface area contributed by atoms with Gasteiger partial charge in [-0.1, -0.05) is 13.8 Å². The summed E-state index contributed by atoms with van der Waals surface area (Å²) in [4.78, 5) is 0.231. The van der Waals surface area contributed by atoms with E-state index >= 15 is 0 Å². The van der Waals surface area contributed by atoms with Crippen LogP contribution in [0.15, 0.2) is 17.2 Å². The number of hydrogen-bond acceptors (Lipinski definition) is 4. The van der Waals surface area contributed by atoms with E-state index in [0.29, 0.717) is 12.2 Å². The highest BCUT2D eigenvalue weighted by Gasteiger charge is 2.21. The van der Waals surface area contributed by atoms with Crippen LogP contribution in [0.5, 0.6) is 0 Å². The van der Waals surface area contributed by atoms with E-state index in [1.165, 1.54) is 0 Å². The van der Waals surface area contributed by atoms with Gasteiger partial charge in [-0.05, 0) is 25.2 Å². The molecule has 5 nitrogen and oxygen atoms in total. The molecule has 0 aromatic carbocycles. The number of aliphatic hydroxyl groups is 1. The van der Waals surface area contributed by atoms with Crippen LogP contribution >= 0.6 is 11.8 Å². The molecule has 0 aliphatic rings. The zero-order chi connectivity index (χ0) is 15.2. The lowest BCUT2D eigenvalue weighted by Crippen LogP contribution is -2.35. The molecule has 0 fully saturated rings. The molecule has 1 rings (SSSR count). The number of rotatable bonds is 9. The average Bonchev–Trinajstić information content (AvgIpc) is 2.82. The molecule has 1 aromatic heterocycles. The Labute approximate surface area is 125 Å². The van der Waals surface area contributed by atoms with Crippen LogP contribution in [0.4, 0.5) is 0 Å². The molecule has 0 saturated heterocycles. The molecule has 0 radical (unpaired) electrons. The fourth-order valence-electron chi connectivity index (χ4n) is 1.98. The van der Waals surface area contributed by atoms with Crippen molar-refractivity contribution in [2.24, 2.45) is 0 Å². The Morgan fingerprint density at radius 3 is 2.65 bits per heavy atom. The van der Waals surface area contributed by atoms with E-state index in [0.717, 1.165) is 18.6 Å². The molecule has 1 aromatic rings. The second-order valence-electron chi connectivity index (χ2n) is 4.70. The normalized spacial score (nSPS) is 13.6. The maximum atomic E-state index is 12.3. The van der Waals surface area contributed by atoms with Crippen molar-refractivity contribution in [1.82, 2.24) is 9.29 Å². The van der Waals surface area contributed by atoms with Crippen LogP contribution in [-0.2, 0) is 23.2 Å². The summed E-state index contributed by atoms with van der Waals surface area (Å²) in [5.41, 5.74) is 0.630. The highest BCUT2D eigenvalue weighted by molar-refractivity contribution is 7.98. The first-order chi connectivity index (χ1) is 9.48. The first-order valence-electron chi connectivity index (χ1n) is 6.79. The van der Waals surface area contributed by atoms with Gasteiger partial charge in [-0.15, -0.1) is 0 Å². The van der Waals surface area contributed by atoms with E-state index in [9.17, 15) is 13.5 Å². The van der Waals surface area contributed by atoms with E-state index < -0.39 is 10.0 Å².